The summed E-state index contributed by atoms with van der Waals surface area (Å²) in [5.74, 6) is -2.40. The number of hydrogen-bond donors (Lipinski definition) is 4. The third kappa shape index (κ3) is 36.4. The lowest BCUT2D eigenvalue weighted by Crippen LogP contribution is -2.43. The minimum Gasteiger partial charge on any atom is -0.480 e. The first-order chi connectivity index (χ1) is 25.6. The number of rotatable bonds is 38. The molecule has 0 saturated carbocycles. The standard InChI is InChI=1S/C41H74NO10P/c1-3-5-7-9-11-13-15-17-19-21-23-25-27-29-31-33-40(45)50-34-37(43)35-51-53(48,49)52-36-38(41(46)47)42-39(44)32-30-28-26-24-22-20-18-16-14-12-10-8-6-4-2/h11,13,16-19,37-38,43H,3-10,12,14-15,20-36H2,1-2H3,(H,42,44)(H,46,47)(H,48,49)/b13-11-,18-16-,19-17-. The van der Waals surface area contributed by atoms with Crippen molar-refractivity contribution in [3.8, 4) is 0 Å². The first kappa shape index (κ1) is 50.7. The van der Waals surface area contributed by atoms with Crippen molar-refractivity contribution >= 4 is 25.7 Å². The van der Waals surface area contributed by atoms with Crippen LogP contribution in [0.3, 0.4) is 0 Å². The highest BCUT2D eigenvalue weighted by molar-refractivity contribution is 7.47. The van der Waals surface area contributed by atoms with E-state index in [2.05, 4.69) is 55.6 Å². The topological polar surface area (TPSA) is 169 Å². The molecule has 0 spiro atoms. The van der Waals surface area contributed by atoms with Gasteiger partial charge in [-0.3, -0.25) is 18.6 Å². The molecule has 0 radical (unpaired) electrons. The van der Waals surface area contributed by atoms with Crippen molar-refractivity contribution in [1.82, 2.24) is 5.32 Å². The fourth-order valence-electron chi connectivity index (χ4n) is 5.40. The van der Waals surface area contributed by atoms with E-state index >= 15 is 0 Å². The molecular formula is C41H74NO10P. The molecule has 0 aliphatic rings. The predicted octanol–water partition coefficient (Wildman–Crippen LogP) is 10.1. The van der Waals surface area contributed by atoms with Crippen molar-refractivity contribution in [2.45, 2.75) is 187 Å². The lowest BCUT2D eigenvalue weighted by Gasteiger charge is -2.18. The molecule has 3 atom stereocenters. The Balaban J connectivity index is 3.97. The number of nitrogens with one attached hydrogen (secondary N) is 1. The van der Waals surface area contributed by atoms with E-state index in [9.17, 15) is 34.1 Å². The summed E-state index contributed by atoms with van der Waals surface area (Å²) >= 11 is 0. The summed E-state index contributed by atoms with van der Waals surface area (Å²) in [5, 5.41) is 21.8. The zero-order valence-electron chi connectivity index (χ0n) is 33.1. The number of esters is 1. The Morgan fingerprint density at radius 3 is 1.58 bits per heavy atom. The third-order valence-electron chi connectivity index (χ3n) is 8.65. The zero-order valence-corrected chi connectivity index (χ0v) is 34.0. The molecular weight excluding hydrogens is 697 g/mol. The summed E-state index contributed by atoms with van der Waals surface area (Å²) < 4.78 is 26.8. The summed E-state index contributed by atoms with van der Waals surface area (Å²) in [5.41, 5.74) is 0. The number of amides is 1. The number of aliphatic carboxylic acids is 1. The van der Waals surface area contributed by atoms with Gasteiger partial charge in [0.15, 0.2) is 6.04 Å². The molecule has 0 saturated heterocycles. The van der Waals surface area contributed by atoms with E-state index in [0.717, 1.165) is 83.5 Å². The van der Waals surface area contributed by atoms with Gasteiger partial charge in [-0.2, -0.15) is 0 Å². The average molecular weight is 772 g/mol. The summed E-state index contributed by atoms with van der Waals surface area (Å²) in [4.78, 5) is 45.8. The molecule has 0 aliphatic heterocycles. The summed E-state index contributed by atoms with van der Waals surface area (Å²) in [6.07, 6.45) is 37.4. The van der Waals surface area contributed by atoms with Crippen LogP contribution in [0.25, 0.3) is 0 Å². The van der Waals surface area contributed by atoms with E-state index in [-0.39, 0.29) is 12.8 Å². The van der Waals surface area contributed by atoms with Crippen molar-refractivity contribution in [3.05, 3.63) is 36.5 Å². The number of allylic oxidation sites excluding steroid dienone is 6. The molecule has 0 aromatic carbocycles. The van der Waals surface area contributed by atoms with Crippen molar-refractivity contribution in [3.63, 3.8) is 0 Å². The van der Waals surface area contributed by atoms with E-state index in [1.807, 2.05) is 0 Å². The normalized spacial score (nSPS) is 14.2. The molecule has 0 heterocycles. The van der Waals surface area contributed by atoms with E-state index in [4.69, 9.17) is 13.8 Å². The van der Waals surface area contributed by atoms with Gasteiger partial charge in [0.2, 0.25) is 5.91 Å². The average Bonchev–Trinajstić information content (AvgIpc) is 3.13. The molecule has 53 heavy (non-hydrogen) atoms. The Bertz CT molecular complexity index is 1050. The largest absolute Gasteiger partial charge is 0.480 e. The number of phosphoric ester groups is 1. The number of phosphoric acid groups is 1. The maximum atomic E-state index is 12.3. The summed E-state index contributed by atoms with van der Waals surface area (Å²) in [6.45, 7) is 2.52. The van der Waals surface area contributed by atoms with Crippen LogP contribution >= 0.6 is 7.82 Å². The van der Waals surface area contributed by atoms with Crippen LogP contribution in [0.5, 0.6) is 0 Å². The second-order valence-electron chi connectivity index (χ2n) is 13.8. The Morgan fingerprint density at radius 2 is 1.04 bits per heavy atom. The van der Waals surface area contributed by atoms with Crippen LogP contribution in [0.4, 0.5) is 0 Å². The molecule has 11 nitrogen and oxygen atoms in total. The number of carboxylic acid groups (broad SMARTS) is 1. The number of unbranched alkanes of at least 4 members (excludes halogenated alkanes) is 18. The number of ether oxygens (including phenoxy) is 1. The van der Waals surface area contributed by atoms with E-state index in [1.165, 1.54) is 51.4 Å². The first-order valence-corrected chi connectivity index (χ1v) is 22.0. The minimum atomic E-state index is -4.76. The minimum absolute atomic E-state index is 0.134. The zero-order chi connectivity index (χ0) is 39.3. The van der Waals surface area contributed by atoms with Gasteiger partial charge < -0.3 is 25.2 Å². The number of carbonyl (C=O) groups is 3. The number of aliphatic hydroxyl groups is 1. The van der Waals surface area contributed by atoms with Gasteiger partial charge in [-0.15, -0.1) is 0 Å². The quantitative estimate of drug-likeness (QED) is 0.0205. The monoisotopic (exact) mass is 772 g/mol. The van der Waals surface area contributed by atoms with Gasteiger partial charge in [-0.25, -0.2) is 9.36 Å². The van der Waals surface area contributed by atoms with Gasteiger partial charge >= 0.3 is 19.8 Å². The van der Waals surface area contributed by atoms with Gasteiger partial charge in [0.25, 0.3) is 0 Å². The van der Waals surface area contributed by atoms with Gasteiger partial charge in [0.1, 0.15) is 12.7 Å². The molecule has 0 aromatic rings. The van der Waals surface area contributed by atoms with E-state index < -0.39 is 57.6 Å². The Labute approximate surface area is 321 Å². The fourth-order valence-corrected chi connectivity index (χ4v) is 6.17. The molecule has 1 amide bonds. The highest BCUT2D eigenvalue weighted by Crippen LogP contribution is 2.43. The summed E-state index contributed by atoms with van der Waals surface area (Å²) in [7, 11) is -4.76. The maximum Gasteiger partial charge on any atom is 0.472 e. The molecule has 4 N–H and O–H groups in total. The Kier molecular flexibility index (Phi) is 35.1. The molecule has 12 heteroatoms. The smallest absolute Gasteiger partial charge is 0.472 e. The lowest BCUT2D eigenvalue weighted by molar-refractivity contribution is -0.147. The molecule has 3 unspecified atom stereocenters. The molecule has 0 bridgehead atoms. The maximum absolute atomic E-state index is 12.3. The SMILES string of the molecule is CCCCC/C=C\C/C=C\CCCCCCCC(=O)OCC(O)COP(=O)(O)OCC(NC(=O)CCCCCCC/C=C\CCCCCCC)C(=O)O. The van der Waals surface area contributed by atoms with Gasteiger partial charge in [-0.05, 0) is 70.6 Å². The van der Waals surface area contributed by atoms with E-state index in [1.54, 1.807) is 0 Å². The number of carboxylic acids is 1. The highest BCUT2D eigenvalue weighted by atomic mass is 31.2. The van der Waals surface area contributed by atoms with Crippen LogP contribution in [-0.2, 0) is 32.7 Å². The number of carbonyl (C=O) groups excluding carboxylic acids is 2. The summed E-state index contributed by atoms with van der Waals surface area (Å²) in [6, 6.07) is -1.55. The molecule has 0 aliphatic carbocycles. The second kappa shape index (κ2) is 36.7. The fraction of sp³-hybridized carbons (Fsp3) is 0.780. The van der Waals surface area contributed by atoms with Crippen molar-refractivity contribution in [2.24, 2.45) is 0 Å². The van der Waals surface area contributed by atoms with Crippen molar-refractivity contribution in [1.29, 1.82) is 0 Å². The van der Waals surface area contributed by atoms with Crippen LogP contribution < -0.4 is 5.32 Å². The second-order valence-corrected chi connectivity index (χ2v) is 15.3. The molecule has 0 aromatic heterocycles. The van der Waals surface area contributed by atoms with Gasteiger partial charge in [-0.1, -0.05) is 127 Å². The molecule has 308 valence electrons. The molecule has 0 fully saturated rings. The first-order valence-electron chi connectivity index (χ1n) is 20.5. The van der Waals surface area contributed by atoms with Crippen LogP contribution in [-0.4, -0.2) is 64.9 Å². The van der Waals surface area contributed by atoms with Crippen molar-refractivity contribution < 1.29 is 47.8 Å². The van der Waals surface area contributed by atoms with Gasteiger partial charge in [0, 0.05) is 12.8 Å². The Morgan fingerprint density at radius 1 is 0.604 bits per heavy atom. The highest BCUT2D eigenvalue weighted by Gasteiger charge is 2.28. The van der Waals surface area contributed by atoms with Crippen LogP contribution in [0.1, 0.15) is 174 Å². The lowest BCUT2D eigenvalue weighted by atomic mass is 10.1. The number of hydrogen-bond acceptors (Lipinski definition) is 8. The number of aliphatic hydroxyl groups excluding tert-OH is 1. The molecule has 0 rings (SSSR count). The van der Waals surface area contributed by atoms with E-state index in [0.29, 0.717) is 12.8 Å². The Hall–Kier alpha value is -2.30. The predicted molar refractivity (Wildman–Crippen MR) is 212 cm³/mol. The van der Waals surface area contributed by atoms with Crippen molar-refractivity contribution in [2.75, 3.05) is 19.8 Å². The van der Waals surface area contributed by atoms with Crippen LogP contribution in [0.2, 0.25) is 0 Å². The third-order valence-corrected chi connectivity index (χ3v) is 9.60. The van der Waals surface area contributed by atoms with Gasteiger partial charge in [0.05, 0.1) is 13.2 Å². The van der Waals surface area contributed by atoms with Crippen LogP contribution in [0, 0.1) is 0 Å². The van der Waals surface area contributed by atoms with Crippen LogP contribution in [0.15, 0.2) is 36.5 Å².